The van der Waals surface area contributed by atoms with Crippen LogP contribution in [0.2, 0.25) is 0 Å². The van der Waals surface area contributed by atoms with Crippen LogP contribution in [0, 0.1) is 6.92 Å². The summed E-state index contributed by atoms with van der Waals surface area (Å²) in [5.41, 5.74) is 3.05. The predicted octanol–water partition coefficient (Wildman–Crippen LogP) is 3.20. The Bertz CT molecular complexity index is 525. The maximum atomic E-state index is 11.9. The summed E-state index contributed by atoms with van der Waals surface area (Å²) < 4.78 is 5.47. The number of carbonyl (C=O) groups excluding carboxylic acids is 1. The fourth-order valence-corrected chi connectivity index (χ4v) is 2.49. The number of aryl methyl sites for hydroxylation is 1. The van der Waals surface area contributed by atoms with Crippen LogP contribution in [-0.4, -0.2) is 29.8 Å². The highest BCUT2D eigenvalue weighted by Gasteiger charge is 2.27. The zero-order valence-electron chi connectivity index (χ0n) is 11.4. The lowest BCUT2D eigenvalue weighted by atomic mass is 10.0. The molecule has 0 aliphatic carbocycles. The van der Waals surface area contributed by atoms with Gasteiger partial charge >= 0.3 is 0 Å². The zero-order chi connectivity index (χ0) is 14.0. The number of allylic oxidation sites excluding steroid dienone is 1. The summed E-state index contributed by atoms with van der Waals surface area (Å²) in [6.45, 7) is 4.62. The average molecular weight is 280 g/mol. The highest BCUT2D eigenvalue weighted by molar-refractivity contribution is 6.31. The van der Waals surface area contributed by atoms with E-state index in [4.69, 9.17) is 16.3 Å². The van der Waals surface area contributed by atoms with Crippen LogP contribution in [0.5, 0.6) is 5.75 Å². The van der Waals surface area contributed by atoms with Crippen LogP contribution >= 0.6 is 11.6 Å². The van der Waals surface area contributed by atoms with Gasteiger partial charge in [0.05, 0.1) is 6.61 Å². The largest absolute Gasteiger partial charge is 0.494 e. The maximum Gasteiger partial charge on any atom is 0.245 e. The normalized spacial score (nSPS) is 19.4. The van der Waals surface area contributed by atoms with Crippen molar-refractivity contribution in [2.75, 3.05) is 13.7 Å². The minimum absolute atomic E-state index is 0.0487. The number of halogens is 1. The SMILES string of the molecule is CCOc1ccc(C2=CCC(Cl)C(=O)N2C)c(C)c1. The van der Waals surface area contributed by atoms with Gasteiger partial charge in [-0.25, -0.2) is 0 Å². The average Bonchev–Trinajstić information content (AvgIpc) is 2.38. The van der Waals surface area contributed by atoms with Gasteiger partial charge in [0.1, 0.15) is 11.1 Å². The van der Waals surface area contributed by atoms with Crippen LogP contribution < -0.4 is 4.74 Å². The smallest absolute Gasteiger partial charge is 0.245 e. The number of rotatable bonds is 3. The molecule has 1 atom stereocenters. The van der Waals surface area contributed by atoms with Gasteiger partial charge in [-0.05, 0) is 44.0 Å². The summed E-state index contributed by atoms with van der Waals surface area (Å²) in [5.74, 6) is 0.803. The minimum Gasteiger partial charge on any atom is -0.494 e. The van der Waals surface area contributed by atoms with E-state index in [-0.39, 0.29) is 5.91 Å². The third-order valence-electron chi connectivity index (χ3n) is 3.26. The lowest BCUT2D eigenvalue weighted by Gasteiger charge is -2.28. The van der Waals surface area contributed by atoms with Gasteiger partial charge in [-0.1, -0.05) is 6.08 Å². The molecule has 2 rings (SSSR count). The molecule has 0 N–H and O–H groups in total. The first-order valence-electron chi connectivity index (χ1n) is 6.40. The van der Waals surface area contributed by atoms with Crippen molar-refractivity contribution in [2.24, 2.45) is 0 Å². The fourth-order valence-electron chi connectivity index (χ4n) is 2.25. The van der Waals surface area contributed by atoms with E-state index in [1.54, 1.807) is 11.9 Å². The predicted molar refractivity (Wildman–Crippen MR) is 77.4 cm³/mol. The summed E-state index contributed by atoms with van der Waals surface area (Å²) in [5, 5.41) is -0.447. The molecule has 1 aromatic carbocycles. The van der Waals surface area contributed by atoms with Crippen LogP contribution in [0.15, 0.2) is 24.3 Å². The van der Waals surface area contributed by atoms with Gasteiger partial charge in [-0.15, -0.1) is 11.6 Å². The number of nitrogens with zero attached hydrogens (tertiary/aromatic N) is 1. The van der Waals surface area contributed by atoms with E-state index in [2.05, 4.69) is 0 Å². The highest BCUT2D eigenvalue weighted by atomic mass is 35.5. The molecule has 102 valence electrons. The molecule has 0 radical (unpaired) electrons. The molecule has 0 bridgehead atoms. The first kappa shape index (κ1) is 13.9. The van der Waals surface area contributed by atoms with E-state index < -0.39 is 5.38 Å². The second kappa shape index (κ2) is 5.66. The highest BCUT2D eigenvalue weighted by Crippen LogP contribution is 2.30. The Kier molecular flexibility index (Phi) is 4.15. The third kappa shape index (κ3) is 2.76. The van der Waals surface area contributed by atoms with Gasteiger partial charge in [-0.2, -0.15) is 0 Å². The molecule has 19 heavy (non-hydrogen) atoms. The summed E-state index contributed by atoms with van der Waals surface area (Å²) in [6.07, 6.45) is 2.59. The molecule has 1 unspecified atom stereocenters. The lowest BCUT2D eigenvalue weighted by molar-refractivity contribution is -0.126. The van der Waals surface area contributed by atoms with Gasteiger partial charge in [0.2, 0.25) is 5.91 Å². The van der Waals surface area contributed by atoms with Crippen molar-refractivity contribution >= 4 is 23.2 Å². The van der Waals surface area contributed by atoms with E-state index in [9.17, 15) is 4.79 Å². The number of benzene rings is 1. The third-order valence-corrected chi connectivity index (χ3v) is 3.63. The molecule has 1 aliphatic heterocycles. The molecule has 1 aromatic rings. The lowest BCUT2D eigenvalue weighted by Crippen LogP contribution is -2.35. The molecule has 1 aliphatic rings. The molecule has 0 saturated heterocycles. The Morgan fingerprint density at radius 3 is 2.84 bits per heavy atom. The van der Waals surface area contributed by atoms with Crippen molar-refractivity contribution in [2.45, 2.75) is 25.6 Å². The molecular weight excluding hydrogens is 262 g/mol. The monoisotopic (exact) mass is 279 g/mol. The van der Waals surface area contributed by atoms with E-state index in [0.29, 0.717) is 13.0 Å². The van der Waals surface area contributed by atoms with Gasteiger partial charge < -0.3 is 9.64 Å². The minimum atomic E-state index is -0.447. The molecule has 3 nitrogen and oxygen atoms in total. The maximum absolute atomic E-state index is 11.9. The van der Waals surface area contributed by atoms with E-state index >= 15 is 0 Å². The number of alkyl halides is 1. The fraction of sp³-hybridized carbons (Fsp3) is 0.400. The van der Waals surface area contributed by atoms with Crippen LogP contribution in [0.1, 0.15) is 24.5 Å². The van der Waals surface area contributed by atoms with Crippen molar-refractivity contribution in [1.29, 1.82) is 0 Å². The summed E-state index contributed by atoms with van der Waals surface area (Å²) in [4.78, 5) is 13.5. The number of ether oxygens (including phenoxy) is 1. The van der Waals surface area contributed by atoms with E-state index in [1.165, 1.54) is 0 Å². The number of hydrogen-bond donors (Lipinski definition) is 0. The van der Waals surface area contributed by atoms with Gasteiger partial charge in [0, 0.05) is 18.3 Å². The molecule has 4 heteroatoms. The second-order valence-corrected chi connectivity index (χ2v) is 5.13. The Hall–Kier alpha value is -1.48. The first-order chi connectivity index (χ1) is 9.04. The van der Waals surface area contributed by atoms with Crippen LogP contribution in [0.3, 0.4) is 0 Å². The topological polar surface area (TPSA) is 29.5 Å². The molecule has 1 amide bonds. The van der Waals surface area contributed by atoms with Crippen LogP contribution in [0.25, 0.3) is 5.70 Å². The zero-order valence-corrected chi connectivity index (χ0v) is 12.2. The quantitative estimate of drug-likeness (QED) is 0.795. The Morgan fingerprint density at radius 2 is 2.21 bits per heavy atom. The van der Waals surface area contributed by atoms with Crippen molar-refractivity contribution in [3.05, 3.63) is 35.4 Å². The second-order valence-electron chi connectivity index (χ2n) is 4.60. The molecule has 0 fully saturated rings. The van der Waals surface area contributed by atoms with Crippen molar-refractivity contribution in [3.8, 4) is 5.75 Å². The molecule has 0 saturated carbocycles. The molecule has 0 aromatic heterocycles. The first-order valence-corrected chi connectivity index (χ1v) is 6.83. The number of hydrogen-bond acceptors (Lipinski definition) is 2. The van der Waals surface area contributed by atoms with Crippen molar-refractivity contribution in [1.82, 2.24) is 4.90 Å². The van der Waals surface area contributed by atoms with Crippen LogP contribution in [-0.2, 0) is 4.79 Å². The molecule has 1 heterocycles. The van der Waals surface area contributed by atoms with Gasteiger partial charge in [0.25, 0.3) is 0 Å². The summed E-state index contributed by atoms with van der Waals surface area (Å²) in [7, 11) is 1.76. The molecule has 0 spiro atoms. The van der Waals surface area contributed by atoms with Crippen molar-refractivity contribution < 1.29 is 9.53 Å². The Balaban J connectivity index is 2.34. The summed E-state index contributed by atoms with van der Waals surface area (Å²) >= 11 is 5.97. The van der Waals surface area contributed by atoms with E-state index in [1.807, 2.05) is 38.1 Å². The number of amides is 1. The Morgan fingerprint density at radius 1 is 1.47 bits per heavy atom. The standard InChI is InChI=1S/C15H18ClNO2/c1-4-19-11-5-6-12(10(2)9-11)14-8-7-13(16)15(18)17(14)3/h5-6,8-9,13H,4,7H2,1-3H3. The molecular formula is C15H18ClNO2. The van der Waals surface area contributed by atoms with E-state index in [0.717, 1.165) is 22.6 Å². The summed E-state index contributed by atoms with van der Waals surface area (Å²) in [6, 6.07) is 5.91. The van der Waals surface area contributed by atoms with Gasteiger partial charge in [-0.3, -0.25) is 4.79 Å². The van der Waals surface area contributed by atoms with Gasteiger partial charge in [0.15, 0.2) is 0 Å². The number of carbonyl (C=O) groups is 1. The Labute approximate surface area is 118 Å². The van der Waals surface area contributed by atoms with Crippen molar-refractivity contribution in [3.63, 3.8) is 0 Å². The van der Waals surface area contributed by atoms with Crippen LogP contribution in [0.4, 0.5) is 0 Å².